The molecule has 1 aliphatic rings. The second-order valence-corrected chi connectivity index (χ2v) is 8.12. The van der Waals surface area contributed by atoms with Crippen molar-refractivity contribution < 1.29 is 18.0 Å². The van der Waals surface area contributed by atoms with Crippen LogP contribution >= 0.6 is 0 Å². The van der Waals surface area contributed by atoms with Gasteiger partial charge in [0, 0.05) is 18.7 Å². The van der Waals surface area contributed by atoms with Crippen molar-refractivity contribution >= 4 is 27.5 Å². The SMILES string of the molecule is NC(=O)[C@H](Cc1ccccc1)NS(=O)(=O)c1ccc(N2CCCC2=O)cc1. The summed E-state index contributed by atoms with van der Waals surface area (Å²) in [5, 5.41) is 0. The molecule has 3 N–H and O–H groups in total. The molecule has 1 aliphatic heterocycles. The van der Waals surface area contributed by atoms with E-state index >= 15 is 0 Å². The van der Waals surface area contributed by atoms with Crippen LogP contribution in [0.2, 0.25) is 0 Å². The summed E-state index contributed by atoms with van der Waals surface area (Å²) in [5.41, 5.74) is 6.84. The van der Waals surface area contributed by atoms with Crippen LogP contribution < -0.4 is 15.4 Å². The van der Waals surface area contributed by atoms with E-state index in [2.05, 4.69) is 4.72 Å². The molecule has 8 heteroatoms. The molecule has 1 atom stereocenters. The minimum absolute atomic E-state index is 0.0113. The zero-order valence-corrected chi connectivity index (χ0v) is 15.5. The van der Waals surface area contributed by atoms with Gasteiger partial charge in [0.25, 0.3) is 0 Å². The maximum atomic E-state index is 12.6. The number of sulfonamides is 1. The molecule has 0 bridgehead atoms. The third-order valence-corrected chi connectivity index (χ3v) is 5.94. The molecular weight excluding hydrogens is 366 g/mol. The summed E-state index contributed by atoms with van der Waals surface area (Å²) >= 11 is 0. The molecule has 0 aliphatic carbocycles. The highest BCUT2D eigenvalue weighted by Crippen LogP contribution is 2.23. The lowest BCUT2D eigenvalue weighted by Gasteiger charge is -2.18. The lowest BCUT2D eigenvalue weighted by molar-refractivity contribution is -0.119. The average Bonchev–Trinajstić information content (AvgIpc) is 3.08. The smallest absolute Gasteiger partial charge is 0.241 e. The number of nitrogens with zero attached hydrogens (tertiary/aromatic N) is 1. The molecule has 2 amide bonds. The van der Waals surface area contributed by atoms with Crippen LogP contribution in [0.25, 0.3) is 0 Å². The first-order valence-electron chi connectivity index (χ1n) is 8.63. The van der Waals surface area contributed by atoms with E-state index in [4.69, 9.17) is 5.73 Å². The van der Waals surface area contributed by atoms with Crippen LogP contribution in [0.1, 0.15) is 18.4 Å². The van der Waals surface area contributed by atoms with Gasteiger partial charge in [0.2, 0.25) is 21.8 Å². The van der Waals surface area contributed by atoms with Gasteiger partial charge in [-0.15, -0.1) is 0 Å². The first-order valence-corrected chi connectivity index (χ1v) is 10.1. The summed E-state index contributed by atoms with van der Waals surface area (Å²) in [6.07, 6.45) is 1.46. The maximum Gasteiger partial charge on any atom is 0.241 e. The minimum atomic E-state index is -3.93. The number of primary amides is 1. The second-order valence-electron chi connectivity index (χ2n) is 6.41. The average molecular weight is 387 g/mol. The topological polar surface area (TPSA) is 110 Å². The van der Waals surface area contributed by atoms with E-state index in [1.54, 1.807) is 41.3 Å². The number of nitrogens with two attached hydrogens (primary N) is 1. The number of hydrogen-bond donors (Lipinski definition) is 2. The van der Waals surface area contributed by atoms with Gasteiger partial charge >= 0.3 is 0 Å². The highest BCUT2D eigenvalue weighted by atomic mass is 32.2. The van der Waals surface area contributed by atoms with Gasteiger partial charge < -0.3 is 10.6 Å². The number of carbonyl (C=O) groups excluding carboxylic acids is 2. The zero-order chi connectivity index (χ0) is 19.4. The maximum absolute atomic E-state index is 12.6. The molecule has 2 aromatic rings. The first kappa shape index (κ1) is 19.1. The van der Waals surface area contributed by atoms with E-state index < -0.39 is 22.0 Å². The molecule has 3 rings (SSSR count). The van der Waals surface area contributed by atoms with Crippen LogP contribution in [0.15, 0.2) is 59.5 Å². The summed E-state index contributed by atoms with van der Waals surface area (Å²) in [4.78, 5) is 25.2. The van der Waals surface area contributed by atoms with Crippen molar-refractivity contribution in [3.05, 3.63) is 60.2 Å². The number of benzene rings is 2. The molecule has 0 unspecified atom stereocenters. The highest BCUT2D eigenvalue weighted by molar-refractivity contribution is 7.89. The Morgan fingerprint density at radius 1 is 1.11 bits per heavy atom. The molecule has 7 nitrogen and oxygen atoms in total. The lowest BCUT2D eigenvalue weighted by atomic mass is 10.1. The third kappa shape index (κ3) is 4.53. The highest BCUT2D eigenvalue weighted by Gasteiger charge is 2.26. The molecule has 1 saturated heterocycles. The largest absolute Gasteiger partial charge is 0.368 e. The summed E-state index contributed by atoms with van der Waals surface area (Å²) in [5.74, 6) is -0.720. The van der Waals surface area contributed by atoms with Crippen LogP contribution in [-0.2, 0) is 26.0 Å². The predicted octanol–water partition coefficient (Wildman–Crippen LogP) is 1.19. The Morgan fingerprint density at radius 3 is 2.33 bits per heavy atom. The third-order valence-electron chi connectivity index (χ3n) is 4.46. The summed E-state index contributed by atoms with van der Waals surface area (Å²) in [6, 6.07) is 14.0. The van der Waals surface area contributed by atoms with Gasteiger partial charge in [0.05, 0.1) is 4.90 Å². The van der Waals surface area contributed by atoms with Gasteiger partial charge in [0.15, 0.2) is 0 Å². The van der Waals surface area contributed by atoms with E-state index in [-0.39, 0.29) is 17.2 Å². The van der Waals surface area contributed by atoms with Crippen LogP contribution in [0.5, 0.6) is 0 Å². The Morgan fingerprint density at radius 2 is 1.78 bits per heavy atom. The molecule has 142 valence electrons. The van der Waals surface area contributed by atoms with E-state index in [1.165, 1.54) is 12.1 Å². The molecular formula is C19H21N3O4S. The summed E-state index contributed by atoms with van der Waals surface area (Å²) in [6.45, 7) is 0.629. The zero-order valence-electron chi connectivity index (χ0n) is 14.7. The molecule has 0 aromatic heterocycles. The van der Waals surface area contributed by atoms with Crippen molar-refractivity contribution in [2.75, 3.05) is 11.4 Å². The number of amides is 2. The van der Waals surface area contributed by atoms with Gasteiger partial charge in [-0.25, -0.2) is 8.42 Å². The molecule has 1 heterocycles. The fourth-order valence-corrected chi connectivity index (χ4v) is 4.24. The molecule has 0 spiro atoms. The molecule has 0 saturated carbocycles. The number of nitrogens with one attached hydrogen (secondary N) is 1. The second kappa shape index (κ2) is 7.89. The van der Waals surface area contributed by atoms with Crippen LogP contribution in [-0.4, -0.2) is 32.8 Å². The van der Waals surface area contributed by atoms with Crippen molar-refractivity contribution in [2.45, 2.75) is 30.2 Å². The van der Waals surface area contributed by atoms with Gasteiger partial charge in [-0.1, -0.05) is 30.3 Å². The summed E-state index contributed by atoms with van der Waals surface area (Å²) < 4.78 is 27.6. The van der Waals surface area contributed by atoms with Crippen LogP contribution in [0.3, 0.4) is 0 Å². The van der Waals surface area contributed by atoms with Crippen LogP contribution in [0, 0.1) is 0 Å². The van der Waals surface area contributed by atoms with Gasteiger partial charge in [-0.2, -0.15) is 4.72 Å². The van der Waals surface area contributed by atoms with Crippen molar-refractivity contribution in [1.82, 2.24) is 4.72 Å². The van der Waals surface area contributed by atoms with E-state index in [0.29, 0.717) is 18.7 Å². The predicted molar refractivity (Wildman–Crippen MR) is 101 cm³/mol. The molecule has 0 radical (unpaired) electrons. The Balaban J connectivity index is 1.76. The minimum Gasteiger partial charge on any atom is -0.368 e. The fourth-order valence-electron chi connectivity index (χ4n) is 3.03. The van der Waals surface area contributed by atoms with E-state index in [1.807, 2.05) is 6.07 Å². The lowest BCUT2D eigenvalue weighted by Crippen LogP contribution is -2.45. The summed E-state index contributed by atoms with van der Waals surface area (Å²) in [7, 11) is -3.93. The monoisotopic (exact) mass is 387 g/mol. The Bertz CT molecular complexity index is 927. The van der Waals surface area contributed by atoms with Gasteiger partial charge in [-0.05, 0) is 42.7 Å². The van der Waals surface area contributed by atoms with Crippen molar-refractivity contribution in [3.63, 3.8) is 0 Å². The standard InChI is InChI=1S/C19H21N3O4S/c20-19(24)17(13-14-5-2-1-3-6-14)21-27(25,26)16-10-8-15(9-11-16)22-12-4-7-18(22)23/h1-3,5-6,8-11,17,21H,4,7,12-13H2,(H2,20,24)/t17-/m0/s1. The van der Waals surface area contributed by atoms with Crippen molar-refractivity contribution in [1.29, 1.82) is 0 Å². The Labute approximate surface area is 158 Å². The van der Waals surface area contributed by atoms with E-state index in [9.17, 15) is 18.0 Å². The van der Waals surface area contributed by atoms with E-state index in [0.717, 1.165) is 12.0 Å². The molecule has 2 aromatic carbocycles. The number of carbonyl (C=O) groups is 2. The van der Waals surface area contributed by atoms with Gasteiger partial charge in [0.1, 0.15) is 6.04 Å². The number of anilines is 1. The number of hydrogen-bond acceptors (Lipinski definition) is 4. The van der Waals surface area contributed by atoms with Gasteiger partial charge in [-0.3, -0.25) is 9.59 Å². The Hall–Kier alpha value is -2.71. The molecule has 27 heavy (non-hydrogen) atoms. The van der Waals surface area contributed by atoms with Crippen molar-refractivity contribution in [2.24, 2.45) is 5.73 Å². The first-order chi connectivity index (χ1) is 12.9. The number of rotatable bonds is 7. The normalized spacial score (nSPS) is 15.7. The Kier molecular flexibility index (Phi) is 5.57. The fraction of sp³-hybridized carbons (Fsp3) is 0.263. The quantitative estimate of drug-likeness (QED) is 0.743. The molecule has 1 fully saturated rings. The van der Waals surface area contributed by atoms with Crippen molar-refractivity contribution in [3.8, 4) is 0 Å². The van der Waals surface area contributed by atoms with Crippen LogP contribution in [0.4, 0.5) is 5.69 Å².